The Labute approximate surface area is 87.4 Å². The lowest BCUT2D eigenvalue weighted by Crippen LogP contribution is -2.49. The number of hydrogen-bond acceptors (Lipinski definition) is 2. The molecule has 2 atom stereocenters. The van der Waals surface area contributed by atoms with Gasteiger partial charge in [-0.2, -0.15) is 0 Å². The molecular formula is C12H23NO. The summed E-state index contributed by atoms with van der Waals surface area (Å²) in [5, 5.41) is 3.63. The summed E-state index contributed by atoms with van der Waals surface area (Å²) in [6.45, 7) is 3.28. The first kappa shape index (κ1) is 10.4. The quantitative estimate of drug-likeness (QED) is 0.705. The molecule has 0 heterocycles. The van der Waals surface area contributed by atoms with Gasteiger partial charge >= 0.3 is 0 Å². The first-order valence-electron chi connectivity index (χ1n) is 6.13. The van der Waals surface area contributed by atoms with Gasteiger partial charge in [-0.15, -0.1) is 0 Å². The number of methoxy groups -OCH3 is 1. The molecule has 0 aliphatic heterocycles. The van der Waals surface area contributed by atoms with Crippen LogP contribution < -0.4 is 5.32 Å². The Morgan fingerprint density at radius 3 is 2.29 bits per heavy atom. The lowest BCUT2D eigenvalue weighted by atomic mass is 9.76. The van der Waals surface area contributed by atoms with Crippen molar-refractivity contribution in [1.29, 1.82) is 0 Å². The van der Waals surface area contributed by atoms with Crippen molar-refractivity contribution in [2.75, 3.05) is 13.7 Å². The molecular weight excluding hydrogens is 174 g/mol. The molecule has 0 saturated heterocycles. The summed E-state index contributed by atoms with van der Waals surface area (Å²) in [4.78, 5) is 0. The molecule has 82 valence electrons. The van der Waals surface area contributed by atoms with Gasteiger partial charge in [0.05, 0.1) is 6.10 Å². The minimum absolute atomic E-state index is 0.486. The molecule has 14 heavy (non-hydrogen) atoms. The van der Waals surface area contributed by atoms with Gasteiger partial charge in [0, 0.05) is 13.2 Å². The van der Waals surface area contributed by atoms with Crippen LogP contribution in [0.3, 0.4) is 0 Å². The number of likely N-dealkylation sites (N-methyl/N-ethyl adjacent to an activating group) is 1. The fraction of sp³-hybridized carbons (Fsp3) is 1.00. The summed E-state index contributed by atoms with van der Waals surface area (Å²) < 4.78 is 5.68. The van der Waals surface area contributed by atoms with Crippen LogP contribution in [0.2, 0.25) is 0 Å². The molecule has 2 rings (SSSR count). The van der Waals surface area contributed by atoms with Crippen LogP contribution in [-0.4, -0.2) is 25.8 Å². The van der Waals surface area contributed by atoms with E-state index in [9.17, 15) is 0 Å². The van der Waals surface area contributed by atoms with E-state index in [1.807, 2.05) is 7.11 Å². The van der Waals surface area contributed by atoms with Gasteiger partial charge in [0.1, 0.15) is 0 Å². The Morgan fingerprint density at radius 2 is 1.93 bits per heavy atom. The zero-order valence-corrected chi connectivity index (χ0v) is 9.46. The second kappa shape index (κ2) is 4.63. The van der Waals surface area contributed by atoms with Gasteiger partial charge in [0.2, 0.25) is 0 Å². The van der Waals surface area contributed by atoms with Crippen molar-refractivity contribution in [3.8, 4) is 0 Å². The third-order valence-electron chi connectivity index (χ3n) is 3.81. The van der Waals surface area contributed by atoms with Crippen molar-refractivity contribution in [2.24, 2.45) is 11.8 Å². The third kappa shape index (κ3) is 2.12. The van der Waals surface area contributed by atoms with E-state index in [2.05, 4.69) is 12.2 Å². The molecule has 0 spiro atoms. The second-order valence-corrected chi connectivity index (χ2v) is 4.81. The SMILES string of the molecule is CCNC(C1CCC1)C(OC)C1CC1. The highest BCUT2D eigenvalue weighted by atomic mass is 16.5. The van der Waals surface area contributed by atoms with Crippen molar-refractivity contribution in [3.63, 3.8) is 0 Å². The van der Waals surface area contributed by atoms with Crippen molar-refractivity contribution < 1.29 is 4.74 Å². The maximum Gasteiger partial charge on any atom is 0.0755 e. The fourth-order valence-corrected chi connectivity index (χ4v) is 2.64. The van der Waals surface area contributed by atoms with Crippen molar-refractivity contribution in [3.05, 3.63) is 0 Å². The summed E-state index contributed by atoms with van der Waals surface area (Å²) in [5.41, 5.74) is 0. The lowest BCUT2D eigenvalue weighted by molar-refractivity contribution is 0.0161. The Morgan fingerprint density at radius 1 is 1.21 bits per heavy atom. The normalized spacial score (nSPS) is 27.0. The van der Waals surface area contributed by atoms with Crippen LogP contribution in [0, 0.1) is 11.8 Å². The van der Waals surface area contributed by atoms with Gasteiger partial charge in [0.25, 0.3) is 0 Å². The molecule has 2 fully saturated rings. The minimum atomic E-state index is 0.486. The summed E-state index contributed by atoms with van der Waals surface area (Å²) in [6.07, 6.45) is 7.49. The molecule has 0 aromatic rings. The molecule has 0 bridgehead atoms. The molecule has 0 amide bonds. The molecule has 2 saturated carbocycles. The van der Waals surface area contributed by atoms with Gasteiger partial charge in [-0.1, -0.05) is 13.3 Å². The number of hydrogen-bond donors (Lipinski definition) is 1. The average molecular weight is 197 g/mol. The molecule has 2 unspecified atom stereocenters. The van der Waals surface area contributed by atoms with E-state index < -0.39 is 0 Å². The van der Waals surface area contributed by atoms with E-state index in [1.165, 1.54) is 32.1 Å². The first-order valence-corrected chi connectivity index (χ1v) is 6.13. The molecule has 2 aliphatic rings. The Bertz CT molecular complexity index is 175. The predicted octanol–water partition coefficient (Wildman–Crippen LogP) is 2.19. The lowest BCUT2D eigenvalue weighted by Gasteiger charge is -2.38. The molecule has 0 aromatic heterocycles. The summed E-state index contributed by atoms with van der Waals surface area (Å²) in [6, 6.07) is 0.631. The Kier molecular flexibility index (Phi) is 3.45. The van der Waals surface area contributed by atoms with Crippen LogP contribution in [-0.2, 0) is 4.74 Å². The molecule has 0 radical (unpaired) electrons. The smallest absolute Gasteiger partial charge is 0.0755 e. The standard InChI is InChI=1S/C12H23NO/c1-3-13-11(9-5-4-6-9)12(14-2)10-7-8-10/h9-13H,3-8H2,1-2H3. The molecule has 0 aromatic carbocycles. The van der Waals surface area contributed by atoms with Crippen molar-refractivity contribution >= 4 is 0 Å². The predicted molar refractivity (Wildman–Crippen MR) is 58.3 cm³/mol. The molecule has 2 heteroatoms. The minimum Gasteiger partial charge on any atom is -0.380 e. The van der Waals surface area contributed by atoms with Crippen molar-refractivity contribution in [1.82, 2.24) is 5.32 Å². The Hall–Kier alpha value is -0.0800. The van der Waals surface area contributed by atoms with Crippen LogP contribution in [0.15, 0.2) is 0 Å². The van der Waals surface area contributed by atoms with Gasteiger partial charge in [-0.05, 0) is 44.1 Å². The van der Waals surface area contributed by atoms with Crippen LogP contribution >= 0.6 is 0 Å². The zero-order chi connectivity index (χ0) is 9.97. The van der Waals surface area contributed by atoms with E-state index in [4.69, 9.17) is 4.74 Å². The highest BCUT2D eigenvalue weighted by Gasteiger charge is 2.41. The van der Waals surface area contributed by atoms with Crippen LogP contribution in [0.25, 0.3) is 0 Å². The van der Waals surface area contributed by atoms with E-state index >= 15 is 0 Å². The van der Waals surface area contributed by atoms with E-state index in [-0.39, 0.29) is 0 Å². The highest BCUT2D eigenvalue weighted by Crippen LogP contribution is 2.40. The zero-order valence-electron chi connectivity index (χ0n) is 9.46. The monoisotopic (exact) mass is 197 g/mol. The fourth-order valence-electron chi connectivity index (χ4n) is 2.64. The largest absolute Gasteiger partial charge is 0.380 e. The third-order valence-corrected chi connectivity index (χ3v) is 3.81. The van der Waals surface area contributed by atoms with Crippen LogP contribution in [0.5, 0.6) is 0 Å². The van der Waals surface area contributed by atoms with Gasteiger partial charge in [-0.25, -0.2) is 0 Å². The number of ether oxygens (including phenoxy) is 1. The maximum absolute atomic E-state index is 5.68. The average Bonchev–Trinajstić information content (AvgIpc) is 2.87. The number of rotatable bonds is 6. The number of nitrogens with one attached hydrogen (secondary N) is 1. The van der Waals surface area contributed by atoms with E-state index in [1.54, 1.807) is 0 Å². The topological polar surface area (TPSA) is 21.3 Å². The molecule has 1 N–H and O–H groups in total. The van der Waals surface area contributed by atoms with Crippen LogP contribution in [0.4, 0.5) is 0 Å². The summed E-state index contributed by atoms with van der Waals surface area (Å²) in [7, 11) is 1.88. The summed E-state index contributed by atoms with van der Waals surface area (Å²) in [5.74, 6) is 1.74. The van der Waals surface area contributed by atoms with E-state index in [0.29, 0.717) is 12.1 Å². The van der Waals surface area contributed by atoms with E-state index in [0.717, 1.165) is 18.4 Å². The summed E-state index contributed by atoms with van der Waals surface area (Å²) >= 11 is 0. The van der Waals surface area contributed by atoms with Crippen LogP contribution in [0.1, 0.15) is 39.0 Å². The van der Waals surface area contributed by atoms with Gasteiger partial charge in [-0.3, -0.25) is 0 Å². The van der Waals surface area contributed by atoms with Gasteiger partial charge < -0.3 is 10.1 Å². The second-order valence-electron chi connectivity index (χ2n) is 4.81. The maximum atomic E-state index is 5.68. The molecule has 2 nitrogen and oxygen atoms in total. The highest BCUT2D eigenvalue weighted by molar-refractivity contribution is 4.95. The first-order chi connectivity index (χ1) is 6.86. The molecule has 2 aliphatic carbocycles. The van der Waals surface area contributed by atoms with Crippen molar-refractivity contribution in [2.45, 2.75) is 51.2 Å². The Balaban J connectivity index is 1.91. The van der Waals surface area contributed by atoms with Gasteiger partial charge in [0.15, 0.2) is 0 Å².